The lowest BCUT2D eigenvalue weighted by molar-refractivity contribution is -0.122. The van der Waals surface area contributed by atoms with Crippen LogP contribution in [-0.4, -0.2) is 45.8 Å². The molecule has 1 atom stereocenters. The van der Waals surface area contributed by atoms with Gasteiger partial charge in [0.2, 0.25) is 5.88 Å². The number of hydrogen-bond acceptors (Lipinski definition) is 6. The van der Waals surface area contributed by atoms with Gasteiger partial charge in [-0.25, -0.2) is 19.3 Å². The van der Waals surface area contributed by atoms with Crippen LogP contribution in [0.1, 0.15) is 26.1 Å². The van der Waals surface area contributed by atoms with Crippen LogP contribution in [0.3, 0.4) is 0 Å². The molecule has 1 aliphatic rings. The van der Waals surface area contributed by atoms with E-state index < -0.39 is 11.8 Å². The van der Waals surface area contributed by atoms with Crippen molar-refractivity contribution in [2.45, 2.75) is 39.0 Å². The molecule has 1 saturated heterocycles. The van der Waals surface area contributed by atoms with Gasteiger partial charge >= 0.3 is 0 Å². The number of anilines is 1. The fraction of sp³-hybridized carbons (Fsp3) is 0.444. The second kappa shape index (κ2) is 7.23. The van der Waals surface area contributed by atoms with Crippen LogP contribution >= 0.6 is 0 Å². The summed E-state index contributed by atoms with van der Waals surface area (Å²) in [6.07, 6.45) is 4.69. The molecule has 2 aromatic heterocycles. The number of ether oxygens (including phenoxy) is 2. The Balaban J connectivity index is 1.59. The second-order valence-corrected chi connectivity index (χ2v) is 6.71. The first-order valence-electron chi connectivity index (χ1n) is 8.36. The smallest absolute Gasteiger partial charge is 0.268 e. The minimum atomic E-state index is -1.43. The zero-order chi connectivity index (χ0) is 18.7. The molecule has 0 radical (unpaired) electrons. The number of alkyl halides is 1. The topological polar surface area (TPSA) is 77.4 Å². The molecule has 1 aliphatic heterocycles. The zero-order valence-electron chi connectivity index (χ0n) is 15.0. The number of aryl methyl sites for hydroxylation is 1. The van der Waals surface area contributed by atoms with Gasteiger partial charge in [-0.2, -0.15) is 0 Å². The molecule has 3 rings (SSSR count). The van der Waals surface area contributed by atoms with Crippen molar-refractivity contribution >= 4 is 11.6 Å². The molecule has 0 unspecified atom stereocenters. The number of carbonyl (C=O) groups is 1. The second-order valence-electron chi connectivity index (χ2n) is 6.71. The van der Waals surface area contributed by atoms with E-state index in [0.29, 0.717) is 36.1 Å². The van der Waals surface area contributed by atoms with Crippen LogP contribution in [0.15, 0.2) is 30.7 Å². The molecule has 0 N–H and O–H groups in total. The fourth-order valence-electron chi connectivity index (χ4n) is 2.48. The molecule has 0 bridgehead atoms. The lowest BCUT2D eigenvalue weighted by atomic mass is 10.2. The van der Waals surface area contributed by atoms with Gasteiger partial charge < -0.3 is 14.4 Å². The Morgan fingerprint density at radius 2 is 1.96 bits per heavy atom. The van der Waals surface area contributed by atoms with Crippen molar-refractivity contribution in [3.63, 3.8) is 0 Å². The van der Waals surface area contributed by atoms with Gasteiger partial charge in [0, 0.05) is 19.0 Å². The summed E-state index contributed by atoms with van der Waals surface area (Å²) in [5, 5.41) is 0. The van der Waals surface area contributed by atoms with Crippen LogP contribution in [0.4, 0.5) is 10.1 Å². The third-order valence-corrected chi connectivity index (χ3v) is 3.79. The molecule has 1 amide bonds. The van der Waals surface area contributed by atoms with E-state index in [0.717, 1.165) is 0 Å². The average molecular weight is 360 g/mol. The Hall–Kier alpha value is -2.77. The minimum Gasteiger partial charge on any atom is -0.479 e. The number of pyridine rings is 1. The normalized spacial score (nSPS) is 17.5. The van der Waals surface area contributed by atoms with Crippen LogP contribution in [0, 0.1) is 6.92 Å². The molecule has 2 aromatic rings. The lowest BCUT2D eigenvalue weighted by Gasteiger charge is -2.17. The summed E-state index contributed by atoms with van der Waals surface area (Å²) in [4.78, 5) is 26.5. The SMILES string of the molecule is Cc1ncc(N2CC[C@@H](Oc3ccc(OCC(C)(C)F)nc3)C2=O)cn1. The summed E-state index contributed by atoms with van der Waals surface area (Å²) in [5.74, 6) is 1.27. The molecule has 1 fully saturated rings. The number of halogens is 1. The van der Waals surface area contributed by atoms with Crippen LogP contribution in [-0.2, 0) is 4.79 Å². The predicted molar refractivity (Wildman–Crippen MR) is 93.1 cm³/mol. The van der Waals surface area contributed by atoms with E-state index >= 15 is 0 Å². The van der Waals surface area contributed by atoms with E-state index in [4.69, 9.17) is 9.47 Å². The van der Waals surface area contributed by atoms with Crippen molar-refractivity contribution in [3.8, 4) is 11.6 Å². The molecule has 26 heavy (non-hydrogen) atoms. The highest BCUT2D eigenvalue weighted by Crippen LogP contribution is 2.24. The van der Waals surface area contributed by atoms with E-state index in [1.165, 1.54) is 20.0 Å². The largest absolute Gasteiger partial charge is 0.479 e. The molecule has 8 heteroatoms. The van der Waals surface area contributed by atoms with Crippen LogP contribution < -0.4 is 14.4 Å². The van der Waals surface area contributed by atoms with E-state index in [9.17, 15) is 9.18 Å². The molecule has 3 heterocycles. The molecule has 7 nitrogen and oxygen atoms in total. The van der Waals surface area contributed by atoms with Crippen LogP contribution in [0.2, 0.25) is 0 Å². The van der Waals surface area contributed by atoms with Gasteiger partial charge in [0.05, 0.1) is 24.3 Å². The summed E-state index contributed by atoms with van der Waals surface area (Å²) in [5.41, 5.74) is -0.779. The van der Waals surface area contributed by atoms with Crippen molar-refractivity contribution in [2.24, 2.45) is 0 Å². The Kier molecular flexibility index (Phi) is 5.01. The molecule has 0 aromatic carbocycles. The maximum atomic E-state index is 13.4. The van der Waals surface area contributed by atoms with Crippen molar-refractivity contribution in [1.82, 2.24) is 15.0 Å². The number of aromatic nitrogens is 3. The molecular formula is C18H21FN4O3. The van der Waals surface area contributed by atoms with Crippen molar-refractivity contribution in [3.05, 3.63) is 36.5 Å². The average Bonchev–Trinajstić information content (AvgIpc) is 2.95. The van der Waals surface area contributed by atoms with Gasteiger partial charge in [-0.05, 0) is 26.8 Å². The summed E-state index contributed by atoms with van der Waals surface area (Å²) >= 11 is 0. The molecule has 0 aliphatic carbocycles. The third-order valence-electron chi connectivity index (χ3n) is 3.79. The van der Waals surface area contributed by atoms with Crippen LogP contribution in [0.25, 0.3) is 0 Å². The van der Waals surface area contributed by atoms with Gasteiger partial charge in [-0.1, -0.05) is 0 Å². The van der Waals surface area contributed by atoms with Crippen molar-refractivity contribution < 1.29 is 18.7 Å². The van der Waals surface area contributed by atoms with Gasteiger partial charge in [-0.3, -0.25) is 4.79 Å². The molecule has 0 saturated carbocycles. The van der Waals surface area contributed by atoms with Gasteiger partial charge in [-0.15, -0.1) is 0 Å². The highest BCUT2D eigenvalue weighted by molar-refractivity contribution is 5.98. The van der Waals surface area contributed by atoms with Gasteiger partial charge in [0.1, 0.15) is 23.8 Å². The minimum absolute atomic E-state index is 0.0884. The first kappa shape index (κ1) is 18.0. The first-order chi connectivity index (χ1) is 12.3. The molecule has 0 spiro atoms. The third kappa shape index (κ3) is 4.44. The Morgan fingerprint density at radius 3 is 2.58 bits per heavy atom. The Labute approximate surface area is 151 Å². The fourth-order valence-corrected chi connectivity index (χ4v) is 2.48. The number of rotatable bonds is 6. The van der Waals surface area contributed by atoms with E-state index in [1.807, 2.05) is 0 Å². The van der Waals surface area contributed by atoms with Gasteiger partial charge in [0.15, 0.2) is 6.10 Å². The zero-order valence-corrected chi connectivity index (χ0v) is 15.0. The Morgan fingerprint density at radius 1 is 1.23 bits per heavy atom. The predicted octanol–water partition coefficient (Wildman–Crippen LogP) is 2.49. The van der Waals surface area contributed by atoms with Crippen molar-refractivity contribution in [1.29, 1.82) is 0 Å². The number of amides is 1. The highest BCUT2D eigenvalue weighted by Gasteiger charge is 2.34. The first-order valence-corrected chi connectivity index (χ1v) is 8.36. The number of nitrogens with zero attached hydrogens (tertiary/aromatic N) is 4. The maximum Gasteiger partial charge on any atom is 0.268 e. The molecular weight excluding hydrogens is 339 g/mol. The number of carbonyl (C=O) groups excluding carboxylic acids is 1. The van der Waals surface area contributed by atoms with E-state index in [1.54, 1.807) is 36.4 Å². The standard InChI is InChI=1S/C18H21FN4O3/c1-12-20-8-13(9-21-12)23-7-6-15(17(23)24)26-14-4-5-16(22-10-14)25-11-18(2,3)19/h4-5,8-10,15H,6-7,11H2,1-3H3/t15-/m1/s1. The van der Waals surface area contributed by atoms with Gasteiger partial charge in [0.25, 0.3) is 5.91 Å². The summed E-state index contributed by atoms with van der Waals surface area (Å²) in [7, 11) is 0. The number of hydrogen-bond donors (Lipinski definition) is 0. The Bertz CT molecular complexity index is 760. The van der Waals surface area contributed by atoms with Crippen LogP contribution in [0.5, 0.6) is 11.6 Å². The molecule has 138 valence electrons. The monoisotopic (exact) mass is 360 g/mol. The summed E-state index contributed by atoms with van der Waals surface area (Å²) < 4.78 is 24.4. The summed E-state index contributed by atoms with van der Waals surface area (Å²) in [6.45, 7) is 5.10. The van der Waals surface area contributed by atoms with Crippen molar-refractivity contribution in [2.75, 3.05) is 18.1 Å². The quantitative estimate of drug-likeness (QED) is 0.788. The lowest BCUT2D eigenvalue weighted by Crippen LogP contribution is -2.32. The maximum absolute atomic E-state index is 13.4. The summed E-state index contributed by atoms with van der Waals surface area (Å²) in [6, 6.07) is 3.24. The highest BCUT2D eigenvalue weighted by atomic mass is 19.1. The van der Waals surface area contributed by atoms with E-state index in [2.05, 4.69) is 15.0 Å². The van der Waals surface area contributed by atoms with E-state index in [-0.39, 0.29) is 12.5 Å².